The number of alkyl halides is 3. The molecule has 1 saturated heterocycles. The van der Waals surface area contributed by atoms with Crippen LogP contribution in [0.2, 0.25) is 0 Å². The third kappa shape index (κ3) is 5.03. The highest BCUT2D eigenvalue weighted by Crippen LogP contribution is 2.59. The summed E-state index contributed by atoms with van der Waals surface area (Å²) in [7, 11) is 2.00. The fraction of sp³-hybridized carbons (Fsp3) is 0.393. The minimum absolute atomic E-state index is 0. The number of rotatable bonds is 7. The fourth-order valence-corrected chi connectivity index (χ4v) is 6.54. The zero-order valence-corrected chi connectivity index (χ0v) is 22.8. The average Bonchev–Trinajstić information content (AvgIpc) is 3.25. The average molecular weight is 560 g/mol. The van der Waals surface area contributed by atoms with Gasteiger partial charge in [-0.1, -0.05) is 30.0 Å². The van der Waals surface area contributed by atoms with Gasteiger partial charge in [0.15, 0.2) is 11.0 Å². The molecule has 200 valence electrons. The summed E-state index contributed by atoms with van der Waals surface area (Å²) in [5.41, 5.74) is 3.51. The van der Waals surface area contributed by atoms with Crippen molar-refractivity contribution in [1.29, 1.82) is 0 Å². The van der Waals surface area contributed by atoms with Crippen molar-refractivity contribution in [2.75, 3.05) is 25.4 Å². The SMILES string of the molecule is Cc1ccc2cc(-c3nnc(SCCCN4C[C@@H]5C[C@]5(c5ccc(C(F)(F)F)cc5)C4)n3C)ccc2n1.Cl. The predicted octanol–water partition coefficient (Wildman–Crippen LogP) is 6.54. The molecule has 0 N–H and O–H groups in total. The van der Waals surface area contributed by atoms with E-state index in [0.717, 1.165) is 76.9 Å². The number of nitrogens with zero attached hydrogens (tertiary/aromatic N) is 5. The van der Waals surface area contributed by atoms with Gasteiger partial charge in [-0.2, -0.15) is 13.2 Å². The minimum atomic E-state index is -4.28. The van der Waals surface area contributed by atoms with Crippen molar-refractivity contribution >= 4 is 35.1 Å². The Bertz CT molecular complexity index is 1460. The molecule has 10 heteroatoms. The third-order valence-corrected chi connectivity index (χ3v) is 8.88. The Morgan fingerprint density at radius 2 is 1.84 bits per heavy atom. The van der Waals surface area contributed by atoms with Gasteiger partial charge in [0.25, 0.3) is 0 Å². The number of likely N-dealkylation sites (tertiary alicyclic amines) is 1. The van der Waals surface area contributed by atoms with E-state index in [-0.39, 0.29) is 17.8 Å². The molecule has 0 spiro atoms. The normalized spacial score (nSPS) is 20.9. The monoisotopic (exact) mass is 559 g/mol. The molecule has 2 aromatic carbocycles. The van der Waals surface area contributed by atoms with E-state index in [1.807, 2.05) is 36.7 Å². The first kappa shape index (κ1) is 27.0. The topological polar surface area (TPSA) is 46.8 Å². The van der Waals surface area contributed by atoms with Crippen molar-refractivity contribution in [3.8, 4) is 11.4 Å². The van der Waals surface area contributed by atoms with Gasteiger partial charge in [-0.3, -0.25) is 4.98 Å². The summed E-state index contributed by atoms with van der Waals surface area (Å²) >= 11 is 1.71. The summed E-state index contributed by atoms with van der Waals surface area (Å²) in [5.74, 6) is 2.32. The number of aromatic nitrogens is 4. The van der Waals surface area contributed by atoms with Crippen molar-refractivity contribution in [2.24, 2.45) is 13.0 Å². The minimum Gasteiger partial charge on any atom is -0.305 e. The number of hydrogen-bond acceptors (Lipinski definition) is 5. The Kier molecular flexibility index (Phi) is 7.22. The van der Waals surface area contributed by atoms with E-state index < -0.39 is 11.7 Å². The zero-order chi connectivity index (χ0) is 25.8. The highest BCUT2D eigenvalue weighted by atomic mass is 35.5. The molecular weight excluding hydrogens is 531 g/mol. The molecule has 2 aromatic heterocycles. The van der Waals surface area contributed by atoms with Gasteiger partial charge in [0.1, 0.15) is 0 Å². The van der Waals surface area contributed by atoms with E-state index in [0.29, 0.717) is 5.92 Å². The molecule has 0 unspecified atom stereocenters. The van der Waals surface area contributed by atoms with Crippen LogP contribution in [0, 0.1) is 12.8 Å². The van der Waals surface area contributed by atoms with Gasteiger partial charge in [-0.15, -0.1) is 22.6 Å². The van der Waals surface area contributed by atoms with Gasteiger partial charge in [-0.05, 0) is 74.2 Å². The number of fused-ring (bicyclic) bond motifs is 2. The molecule has 1 aliphatic heterocycles. The molecule has 6 rings (SSSR count). The van der Waals surface area contributed by atoms with Crippen LogP contribution in [0.1, 0.15) is 29.7 Å². The lowest BCUT2D eigenvalue weighted by Gasteiger charge is -2.21. The molecule has 4 aromatic rings. The van der Waals surface area contributed by atoms with Gasteiger partial charge in [-0.25, -0.2) is 0 Å². The standard InChI is InChI=1S/C28H28F3N5S.ClH/c1-18-4-5-19-14-20(6-11-24(19)32-18)25-33-34-26(35(25)2)37-13-3-12-36-16-23-15-27(23,17-36)21-7-9-22(10-8-21)28(29,30)31;/h4-11,14,23H,3,12-13,15-17H2,1-2H3;1H/t23-,27+;/m0./s1. The summed E-state index contributed by atoms with van der Waals surface area (Å²) in [6.45, 7) is 4.92. The maximum absolute atomic E-state index is 12.9. The molecule has 38 heavy (non-hydrogen) atoms. The molecule has 5 nitrogen and oxygen atoms in total. The number of benzene rings is 2. The van der Waals surface area contributed by atoms with E-state index in [1.165, 1.54) is 12.1 Å². The van der Waals surface area contributed by atoms with Crippen LogP contribution in [0.25, 0.3) is 22.3 Å². The van der Waals surface area contributed by atoms with Gasteiger partial charge in [0.05, 0.1) is 11.1 Å². The maximum atomic E-state index is 12.9. The number of hydrogen-bond donors (Lipinski definition) is 0. The largest absolute Gasteiger partial charge is 0.416 e. The second-order valence-corrected chi connectivity index (χ2v) is 11.4. The number of pyridine rings is 1. The van der Waals surface area contributed by atoms with Crippen molar-refractivity contribution in [3.63, 3.8) is 0 Å². The first-order valence-electron chi connectivity index (χ1n) is 12.5. The molecule has 1 aliphatic carbocycles. The number of halogens is 4. The van der Waals surface area contributed by atoms with Crippen LogP contribution in [0.3, 0.4) is 0 Å². The molecule has 2 atom stereocenters. The van der Waals surface area contributed by atoms with Crippen molar-refractivity contribution in [1.82, 2.24) is 24.6 Å². The molecule has 2 fully saturated rings. The summed E-state index contributed by atoms with van der Waals surface area (Å²) in [6.07, 6.45) is -2.19. The molecule has 2 aliphatic rings. The van der Waals surface area contributed by atoms with Crippen molar-refractivity contribution in [2.45, 2.75) is 36.5 Å². The predicted molar refractivity (Wildman–Crippen MR) is 147 cm³/mol. The molecular formula is C28H29ClF3N5S. The van der Waals surface area contributed by atoms with E-state index in [2.05, 4.69) is 32.2 Å². The van der Waals surface area contributed by atoms with Gasteiger partial charge >= 0.3 is 6.18 Å². The van der Waals surface area contributed by atoms with E-state index in [9.17, 15) is 13.2 Å². The molecule has 0 bridgehead atoms. The van der Waals surface area contributed by atoms with Crippen LogP contribution in [0.4, 0.5) is 13.2 Å². The lowest BCUT2D eigenvalue weighted by Crippen LogP contribution is -2.28. The summed E-state index contributed by atoms with van der Waals surface area (Å²) in [5, 5.41) is 10.8. The number of piperidine rings is 1. The Hall–Kier alpha value is -2.62. The van der Waals surface area contributed by atoms with E-state index in [4.69, 9.17) is 0 Å². The summed E-state index contributed by atoms with van der Waals surface area (Å²) in [4.78, 5) is 7.03. The lowest BCUT2D eigenvalue weighted by atomic mass is 9.94. The van der Waals surface area contributed by atoms with Crippen LogP contribution in [0.5, 0.6) is 0 Å². The molecule has 0 amide bonds. The first-order valence-corrected chi connectivity index (χ1v) is 13.5. The third-order valence-electron chi connectivity index (χ3n) is 7.77. The quantitative estimate of drug-likeness (QED) is 0.190. The van der Waals surface area contributed by atoms with Crippen LogP contribution < -0.4 is 0 Å². The Labute approximate surface area is 230 Å². The Balaban J connectivity index is 0.00000294. The molecule has 1 saturated carbocycles. The first-order chi connectivity index (χ1) is 17.7. The second-order valence-electron chi connectivity index (χ2n) is 10.3. The van der Waals surface area contributed by atoms with Crippen molar-refractivity contribution < 1.29 is 13.2 Å². The zero-order valence-electron chi connectivity index (χ0n) is 21.2. The highest BCUT2D eigenvalue weighted by Gasteiger charge is 2.60. The molecule has 3 heterocycles. The van der Waals surface area contributed by atoms with Gasteiger partial charge in [0, 0.05) is 47.9 Å². The Morgan fingerprint density at radius 3 is 2.61 bits per heavy atom. The number of aryl methyl sites for hydroxylation is 1. The van der Waals surface area contributed by atoms with E-state index >= 15 is 0 Å². The van der Waals surface area contributed by atoms with Crippen LogP contribution in [-0.2, 0) is 18.6 Å². The Morgan fingerprint density at radius 1 is 1.05 bits per heavy atom. The van der Waals surface area contributed by atoms with Crippen molar-refractivity contribution in [3.05, 3.63) is 71.4 Å². The van der Waals surface area contributed by atoms with Crippen LogP contribution >= 0.6 is 24.2 Å². The van der Waals surface area contributed by atoms with Crippen LogP contribution in [-0.4, -0.2) is 50.0 Å². The van der Waals surface area contributed by atoms with Gasteiger partial charge < -0.3 is 9.47 Å². The van der Waals surface area contributed by atoms with Gasteiger partial charge in [0.2, 0.25) is 0 Å². The highest BCUT2D eigenvalue weighted by molar-refractivity contribution is 7.99. The maximum Gasteiger partial charge on any atom is 0.416 e. The lowest BCUT2D eigenvalue weighted by molar-refractivity contribution is -0.137. The second kappa shape index (κ2) is 10.2. The summed E-state index contributed by atoms with van der Waals surface area (Å²) in [6, 6.07) is 16.1. The molecule has 0 radical (unpaired) electrons. The smallest absolute Gasteiger partial charge is 0.305 e. The van der Waals surface area contributed by atoms with Crippen LogP contribution in [0.15, 0.2) is 59.8 Å². The van der Waals surface area contributed by atoms with E-state index in [1.54, 1.807) is 23.9 Å². The summed E-state index contributed by atoms with van der Waals surface area (Å²) < 4.78 is 40.8. The number of thioether (sulfide) groups is 1. The fourth-order valence-electron chi connectivity index (χ4n) is 5.71.